The molecule has 2 aromatic carbocycles. The van der Waals surface area contributed by atoms with Crippen molar-refractivity contribution in [2.75, 3.05) is 18.0 Å². The van der Waals surface area contributed by atoms with Crippen LogP contribution in [0.5, 0.6) is 0 Å². The second-order valence-electron chi connectivity index (χ2n) is 7.39. The van der Waals surface area contributed by atoms with Gasteiger partial charge >= 0.3 is 6.03 Å². The largest absolute Gasteiger partial charge is 0.352 e. The van der Waals surface area contributed by atoms with E-state index in [2.05, 4.69) is 17.2 Å². The molecule has 0 saturated carbocycles. The van der Waals surface area contributed by atoms with Crippen LogP contribution < -0.4 is 10.2 Å². The van der Waals surface area contributed by atoms with Gasteiger partial charge in [-0.3, -0.25) is 9.59 Å². The highest BCUT2D eigenvalue weighted by atomic mass is 19.1. The molecule has 158 valence electrons. The van der Waals surface area contributed by atoms with Gasteiger partial charge in [0, 0.05) is 18.7 Å². The number of nitrogens with zero attached hydrogens (tertiary/aromatic N) is 2. The van der Waals surface area contributed by atoms with Crippen molar-refractivity contribution in [2.45, 2.75) is 18.9 Å². The Hall–Kier alpha value is -3.80. The highest BCUT2D eigenvalue weighted by Gasteiger charge is 2.53. The molecule has 4 rings (SSSR count). The fraction of sp³-hybridized carbons (Fsp3) is 0.227. The summed E-state index contributed by atoms with van der Waals surface area (Å²) in [5.41, 5.74) is -2.29. The molecular weight excluding hydrogens is 411 g/mol. The molecule has 2 heterocycles. The highest BCUT2D eigenvalue weighted by Crippen LogP contribution is 2.35. The molecular formula is C22H16F3N3O3. The van der Waals surface area contributed by atoms with Crippen molar-refractivity contribution in [1.82, 2.24) is 10.2 Å². The molecule has 2 aliphatic heterocycles. The minimum absolute atomic E-state index is 0.0523. The van der Waals surface area contributed by atoms with Crippen LogP contribution in [-0.2, 0) is 9.59 Å². The quantitative estimate of drug-likeness (QED) is 0.712. The van der Waals surface area contributed by atoms with Crippen molar-refractivity contribution in [3.05, 3.63) is 65.0 Å². The van der Waals surface area contributed by atoms with Gasteiger partial charge in [-0.25, -0.2) is 22.9 Å². The van der Waals surface area contributed by atoms with E-state index < -0.39 is 52.9 Å². The summed E-state index contributed by atoms with van der Waals surface area (Å²) in [6.07, 6.45) is -0.418. The first-order chi connectivity index (χ1) is 14.7. The Labute approximate surface area is 175 Å². The van der Waals surface area contributed by atoms with Crippen molar-refractivity contribution in [3.8, 4) is 11.8 Å². The number of fused-ring (bicyclic) bond motifs is 1. The average Bonchev–Trinajstić information content (AvgIpc) is 2.71. The fourth-order valence-corrected chi connectivity index (χ4v) is 3.70. The maximum absolute atomic E-state index is 14.8. The van der Waals surface area contributed by atoms with Crippen molar-refractivity contribution < 1.29 is 27.6 Å². The van der Waals surface area contributed by atoms with Crippen LogP contribution in [-0.4, -0.2) is 41.4 Å². The molecule has 0 bridgehead atoms. The molecule has 6 nitrogen and oxygen atoms in total. The number of anilines is 1. The van der Waals surface area contributed by atoms with Crippen LogP contribution >= 0.6 is 0 Å². The Morgan fingerprint density at radius 2 is 1.68 bits per heavy atom. The van der Waals surface area contributed by atoms with Crippen molar-refractivity contribution in [3.63, 3.8) is 0 Å². The molecule has 2 aromatic rings. The molecule has 1 atom stereocenters. The van der Waals surface area contributed by atoms with Gasteiger partial charge < -0.3 is 10.2 Å². The van der Waals surface area contributed by atoms with Crippen LogP contribution in [0.25, 0.3) is 0 Å². The van der Waals surface area contributed by atoms with Crippen molar-refractivity contribution in [2.24, 2.45) is 0 Å². The summed E-state index contributed by atoms with van der Waals surface area (Å²) < 4.78 is 43.3. The summed E-state index contributed by atoms with van der Waals surface area (Å²) in [7, 11) is 0. The van der Waals surface area contributed by atoms with E-state index in [0.29, 0.717) is 4.90 Å². The van der Waals surface area contributed by atoms with E-state index in [-0.39, 0.29) is 24.2 Å². The van der Waals surface area contributed by atoms with E-state index in [1.807, 2.05) is 0 Å². The van der Waals surface area contributed by atoms with E-state index in [1.165, 1.54) is 25.1 Å². The average molecular weight is 427 g/mol. The first-order valence-electron chi connectivity index (χ1n) is 9.41. The predicted octanol–water partition coefficient (Wildman–Crippen LogP) is 2.55. The van der Waals surface area contributed by atoms with Crippen molar-refractivity contribution >= 4 is 23.5 Å². The van der Waals surface area contributed by atoms with E-state index in [4.69, 9.17) is 0 Å². The third kappa shape index (κ3) is 3.40. The van der Waals surface area contributed by atoms with Gasteiger partial charge in [0.05, 0.1) is 12.0 Å². The van der Waals surface area contributed by atoms with Gasteiger partial charge in [-0.2, -0.15) is 0 Å². The Morgan fingerprint density at radius 3 is 2.35 bits per heavy atom. The molecule has 1 N–H and O–H groups in total. The molecule has 0 spiro atoms. The van der Waals surface area contributed by atoms with Crippen LogP contribution in [0.3, 0.4) is 0 Å². The summed E-state index contributed by atoms with van der Waals surface area (Å²) in [6.45, 7) is 1.70. The number of piperazine rings is 1. The third-order valence-corrected chi connectivity index (χ3v) is 5.33. The lowest BCUT2D eigenvalue weighted by molar-refractivity contribution is -0.140. The summed E-state index contributed by atoms with van der Waals surface area (Å²) in [4.78, 5) is 39.3. The number of imide groups is 1. The molecule has 2 saturated heterocycles. The first kappa shape index (κ1) is 20.5. The van der Waals surface area contributed by atoms with Crippen LogP contribution in [0.2, 0.25) is 0 Å². The molecule has 4 amide bonds. The minimum atomic E-state index is -1.42. The van der Waals surface area contributed by atoms with Gasteiger partial charge in [-0.15, -0.1) is 0 Å². The maximum atomic E-state index is 14.8. The Bertz CT molecular complexity index is 1160. The van der Waals surface area contributed by atoms with Gasteiger partial charge in [-0.1, -0.05) is 24.0 Å². The fourth-order valence-electron chi connectivity index (χ4n) is 3.70. The minimum Gasteiger partial charge on any atom is -0.352 e. The molecule has 2 aliphatic rings. The molecule has 0 aliphatic carbocycles. The number of hydrogen-bond acceptors (Lipinski definition) is 3. The number of hydrogen-bond donors (Lipinski definition) is 1. The number of amides is 4. The van der Waals surface area contributed by atoms with Gasteiger partial charge in [0.2, 0.25) is 11.8 Å². The smallest absolute Gasteiger partial charge is 0.332 e. The lowest BCUT2D eigenvalue weighted by Crippen LogP contribution is -2.72. The van der Waals surface area contributed by atoms with E-state index >= 15 is 0 Å². The van der Waals surface area contributed by atoms with Gasteiger partial charge in [0.25, 0.3) is 0 Å². The molecule has 0 aromatic heterocycles. The predicted molar refractivity (Wildman–Crippen MR) is 104 cm³/mol. The van der Waals surface area contributed by atoms with Gasteiger partial charge in [-0.05, 0) is 31.2 Å². The molecule has 31 heavy (non-hydrogen) atoms. The summed E-state index contributed by atoms with van der Waals surface area (Å²) >= 11 is 0. The number of carbonyl (C=O) groups is 3. The van der Waals surface area contributed by atoms with Crippen LogP contribution in [0.4, 0.5) is 23.7 Å². The zero-order valence-electron chi connectivity index (χ0n) is 16.3. The molecule has 0 radical (unpaired) electrons. The number of carbonyl (C=O) groups excluding carboxylic acids is 3. The monoisotopic (exact) mass is 427 g/mol. The SMILES string of the molecule is C[C@@]12CC(=O)N(c3c(F)cc(C#Cc4ccccc4F)cc3F)C(=O)N1CCNC2=O. The highest BCUT2D eigenvalue weighted by molar-refractivity contribution is 6.19. The van der Waals surface area contributed by atoms with Crippen LogP contribution in [0.15, 0.2) is 36.4 Å². The number of nitrogens with one attached hydrogen (secondary N) is 1. The zero-order chi connectivity index (χ0) is 22.3. The summed E-state index contributed by atoms with van der Waals surface area (Å²) in [5, 5.41) is 2.59. The lowest BCUT2D eigenvalue weighted by Gasteiger charge is -2.48. The summed E-state index contributed by atoms with van der Waals surface area (Å²) in [5.74, 6) is 0.630. The topological polar surface area (TPSA) is 69.7 Å². The van der Waals surface area contributed by atoms with E-state index in [9.17, 15) is 27.6 Å². The number of halogens is 3. The molecule has 9 heteroatoms. The lowest BCUT2D eigenvalue weighted by atomic mass is 9.89. The zero-order valence-corrected chi connectivity index (χ0v) is 16.3. The Morgan fingerprint density at radius 1 is 1.00 bits per heavy atom. The normalized spacial score (nSPS) is 20.7. The van der Waals surface area contributed by atoms with Crippen LogP contribution in [0.1, 0.15) is 24.5 Å². The van der Waals surface area contributed by atoms with E-state index in [0.717, 1.165) is 17.0 Å². The number of benzene rings is 2. The molecule has 2 fully saturated rings. The van der Waals surface area contributed by atoms with Gasteiger partial charge in [0.15, 0.2) is 11.6 Å². The Balaban J connectivity index is 1.70. The Kier molecular flexibility index (Phi) is 4.93. The standard InChI is InChI=1S/C22H16F3N3O3/c1-22-12-18(29)28(21(31)27(22)9-8-26-20(22)30)19-16(24)10-13(11-17(19)25)6-7-14-4-2-3-5-15(14)23/h2-5,10-11H,8-9,12H2,1H3,(H,26,30)/t22-/m0/s1. The number of urea groups is 1. The summed E-state index contributed by atoms with van der Waals surface area (Å²) in [6, 6.07) is 6.43. The third-order valence-electron chi connectivity index (χ3n) is 5.33. The molecule has 0 unspecified atom stereocenters. The van der Waals surface area contributed by atoms with Crippen LogP contribution in [0, 0.1) is 29.3 Å². The van der Waals surface area contributed by atoms with E-state index in [1.54, 1.807) is 6.07 Å². The number of rotatable bonds is 1. The van der Waals surface area contributed by atoms with Gasteiger partial charge in [0.1, 0.15) is 17.0 Å². The van der Waals surface area contributed by atoms with Crippen molar-refractivity contribution in [1.29, 1.82) is 0 Å². The maximum Gasteiger partial charge on any atom is 0.332 e. The second kappa shape index (κ2) is 7.47. The first-order valence-corrected chi connectivity index (χ1v) is 9.41. The second-order valence-corrected chi connectivity index (χ2v) is 7.39.